The van der Waals surface area contributed by atoms with Gasteiger partial charge in [0.2, 0.25) is 0 Å². The number of benzene rings is 1. The van der Waals surface area contributed by atoms with E-state index < -0.39 is 0 Å². The third-order valence-electron chi connectivity index (χ3n) is 3.47. The van der Waals surface area contributed by atoms with E-state index in [0.29, 0.717) is 12.5 Å². The Balaban J connectivity index is 2.16. The first-order chi connectivity index (χ1) is 7.70. The average molecular weight is 219 g/mol. The van der Waals surface area contributed by atoms with Crippen molar-refractivity contribution in [2.24, 2.45) is 5.92 Å². The Kier molecular flexibility index (Phi) is 3.49. The van der Waals surface area contributed by atoms with Crippen molar-refractivity contribution < 1.29 is 5.11 Å². The van der Waals surface area contributed by atoms with Crippen LogP contribution in [0.15, 0.2) is 18.2 Å². The summed E-state index contributed by atoms with van der Waals surface area (Å²) in [5.41, 5.74) is 4.00. The lowest BCUT2D eigenvalue weighted by atomic mass is 9.97. The Bertz CT molecular complexity index is 362. The molecule has 1 N–H and O–H groups in total. The molecule has 0 radical (unpaired) electrons. The van der Waals surface area contributed by atoms with Crippen LogP contribution in [0.2, 0.25) is 0 Å². The topological polar surface area (TPSA) is 23.5 Å². The fourth-order valence-corrected chi connectivity index (χ4v) is 2.59. The Hall–Kier alpha value is -1.02. The minimum atomic E-state index is 0.321. The molecule has 0 bridgehead atoms. The largest absolute Gasteiger partial charge is 0.396 e. The number of anilines is 1. The molecular formula is C14H21NO. The zero-order chi connectivity index (χ0) is 11.5. The van der Waals surface area contributed by atoms with E-state index >= 15 is 0 Å². The standard InChI is InChI=1S/C14H21NO/c1-11-5-6-14(12(2)8-11)15-7-3-4-13(9-15)10-16/h5-6,8,13,16H,3-4,7,9-10H2,1-2H3. The van der Waals surface area contributed by atoms with E-state index in [-0.39, 0.29) is 0 Å². The van der Waals surface area contributed by atoms with Gasteiger partial charge < -0.3 is 10.0 Å². The molecule has 1 aromatic carbocycles. The number of hydrogen-bond acceptors (Lipinski definition) is 2. The fourth-order valence-electron chi connectivity index (χ4n) is 2.59. The fraction of sp³-hybridized carbons (Fsp3) is 0.571. The SMILES string of the molecule is Cc1ccc(N2CCCC(CO)C2)c(C)c1. The first-order valence-corrected chi connectivity index (χ1v) is 6.14. The molecule has 0 saturated carbocycles. The molecule has 2 nitrogen and oxygen atoms in total. The van der Waals surface area contributed by atoms with Gasteiger partial charge >= 0.3 is 0 Å². The number of nitrogens with zero attached hydrogens (tertiary/aromatic N) is 1. The molecule has 16 heavy (non-hydrogen) atoms. The second kappa shape index (κ2) is 4.88. The van der Waals surface area contributed by atoms with Gasteiger partial charge in [0.1, 0.15) is 0 Å². The highest BCUT2D eigenvalue weighted by atomic mass is 16.3. The van der Waals surface area contributed by atoms with Crippen LogP contribution in [0, 0.1) is 19.8 Å². The molecule has 1 heterocycles. The van der Waals surface area contributed by atoms with Crippen molar-refractivity contribution in [3.05, 3.63) is 29.3 Å². The van der Waals surface area contributed by atoms with E-state index in [1.54, 1.807) is 0 Å². The van der Waals surface area contributed by atoms with Gasteiger partial charge in [-0.1, -0.05) is 17.7 Å². The van der Waals surface area contributed by atoms with Crippen molar-refractivity contribution in [1.82, 2.24) is 0 Å². The lowest BCUT2D eigenvalue weighted by Crippen LogP contribution is -2.37. The second-order valence-corrected chi connectivity index (χ2v) is 4.93. The van der Waals surface area contributed by atoms with Crippen LogP contribution in [-0.2, 0) is 0 Å². The van der Waals surface area contributed by atoms with Gasteiger partial charge in [0.05, 0.1) is 0 Å². The van der Waals surface area contributed by atoms with Gasteiger partial charge in [-0.3, -0.25) is 0 Å². The van der Waals surface area contributed by atoms with E-state index in [2.05, 4.69) is 36.9 Å². The third-order valence-corrected chi connectivity index (χ3v) is 3.47. The molecule has 88 valence electrons. The highest BCUT2D eigenvalue weighted by Gasteiger charge is 2.20. The summed E-state index contributed by atoms with van der Waals surface area (Å²) in [7, 11) is 0. The van der Waals surface area contributed by atoms with E-state index in [9.17, 15) is 5.11 Å². The Morgan fingerprint density at radius 1 is 1.38 bits per heavy atom. The van der Waals surface area contributed by atoms with Crippen molar-refractivity contribution in [2.45, 2.75) is 26.7 Å². The zero-order valence-corrected chi connectivity index (χ0v) is 10.2. The van der Waals surface area contributed by atoms with E-state index in [1.807, 2.05) is 0 Å². The predicted molar refractivity (Wildman–Crippen MR) is 67.9 cm³/mol. The first-order valence-electron chi connectivity index (χ1n) is 6.14. The molecular weight excluding hydrogens is 198 g/mol. The molecule has 1 atom stereocenters. The molecule has 1 unspecified atom stereocenters. The quantitative estimate of drug-likeness (QED) is 0.826. The van der Waals surface area contributed by atoms with E-state index in [4.69, 9.17) is 0 Å². The summed E-state index contributed by atoms with van der Waals surface area (Å²) in [6, 6.07) is 6.62. The normalized spacial score (nSPS) is 21.2. The molecule has 0 amide bonds. The van der Waals surface area contributed by atoms with E-state index in [0.717, 1.165) is 19.5 Å². The average Bonchev–Trinajstić information content (AvgIpc) is 2.29. The number of piperidine rings is 1. The number of hydrogen-bond donors (Lipinski definition) is 1. The van der Waals surface area contributed by atoms with Crippen molar-refractivity contribution in [2.75, 3.05) is 24.6 Å². The molecule has 1 fully saturated rings. The van der Waals surface area contributed by atoms with Crippen LogP contribution < -0.4 is 4.90 Å². The maximum absolute atomic E-state index is 9.24. The van der Waals surface area contributed by atoms with Crippen LogP contribution in [0.1, 0.15) is 24.0 Å². The van der Waals surface area contributed by atoms with Gasteiger partial charge in [-0.25, -0.2) is 0 Å². The summed E-state index contributed by atoms with van der Waals surface area (Å²) in [4.78, 5) is 2.42. The minimum absolute atomic E-state index is 0.321. The van der Waals surface area contributed by atoms with Gasteiger partial charge in [0.15, 0.2) is 0 Å². The predicted octanol–water partition coefficient (Wildman–Crippen LogP) is 2.51. The van der Waals surface area contributed by atoms with Gasteiger partial charge in [-0.15, -0.1) is 0 Å². The summed E-state index contributed by atoms with van der Waals surface area (Å²) in [5, 5.41) is 9.24. The lowest BCUT2D eigenvalue weighted by Gasteiger charge is -2.34. The highest BCUT2D eigenvalue weighted by Crippen LogP contribution is 2.26. The minimum Gasteiger partial charge on any atom is -0.396 e. The van der Waals surface area contributed by atoms with Gasteiger partial charge in [-0.05, 0) is 44.2 Å². The maximum Gasteiger partial charge on any atom is 0.0476 e. The highest BCUT2D eigenvalue weighted by molar-refractivity contribution is 5.54. The van der Waals surface area contributed by atoms with Crippen LogP contribution in [0.5, 0.6) is 0 Å². The molecule has 0 aromatic heterocycles. The smallest absolute Gasteiger partial charge is 0.0476 e. The molecule has 1 aliphatic heterocycles. The third kappa shape index (κ3) is 2.38. The van der Waals surface area contributed by atoms with E-state index in [1.165, 1.54) is 23.2 Å². The van der Waals surface area contributed by atoms with Crippen LogP contribution in [0.4, 0.5) is 5.69 Å². The Labute approximate surface area is 97.9 Å². The molecule has 0 aliphatic carbocycles. The van der Waals surface area contributed by atoms with Gasteiger partial charge in [0, 0.05) is 25.4 Å². The maximum atomic E-state index is 9.24. The molecule has 2 rings (SSSR count). The van der Waals surface area contributed by atoms with Crippen LogP contribution in [-0.4, -0.2) is 24.8 Å². The van der Waals surface area contributed by atoms with Crippen molar-refractivity contribution in [3.8, 4) is 0 Å². The summed E-state index contributed by atoms with van der Waals surface area (Å²) in [6.07, 6.45) is 2.36. The monoisotopic (exact) mass is 219 g/mol. The van der Waals surface area contributed by atoms with Crippen molar-refractivity contribution >= 4 is 5.69 Å². The Morgan fingerprint density at radius 2 is 2.19 bits per heavy atom. The number of aliphatic hydroxyl groups excluding tert-OH is 1. The lowest BCUT2D eigenvalue weighted by molar-refractivity contribution is 0.208. The number of rotatable bonds is 2. The van der Waals surface area contributed by atoms with Crippen molar-refractivity contribution in [3.63, 3.8) is 0 Å². The zero-order valence-electron chi connectivity index (χ0n) is 10.2. The molecule has 1 aromatic rings. The number of aliphatic hydroxyl groups is 1. The second-order valence-electron chi connectivity index (χ2n) is 4.93. The molecule has 1 saturated heterocycles. The number of aryl methyl sites for hydroxylation is 2. The summed E-state index contributed by atoms with van der Waals surface area (Å²) in [5.74, 6) is 0.453. The first kappa shape index (κ1) is 11.5. The Morgan fingerprint density at radius 3 is 2.88 bits per heavy atom. The van der Waals surface area contributed by atoms with Gasteiger partial charge in [0.25, 0.3) is 0 Å². The summed E-state index contributed by atoms with van der Waals surface area (Å²) < 4.78 is 0. The summed E-state index contributed by atoms with van der Waals surface area (Å²) in [6.45, 7) is 6.75. The molecule has 1 aliphatic rings. The van der Waals surface area contributed by atoms with Crippen LogP contribution in [0.3, 0.4) is 0 Å². The van der Waals surface area contributed by atoms with Crippen LogP contribution >= 0.6 is 0 Å². The van der Waals surface area contributed by atoms with Crippen LogP contribution in [0.25, 0.3) is 0 Å². The van der Waals surface area contributed by atoms with Crippen molar-refractivity contribution in [1.29, 1.82) is 0 Å². The van der Waals surface area contributed by atoms with Gasteiger partial charge in [-0.2, -0.15) is 0 Å². The molecule has 2 heteroatoms. The molecule has 0 spiro atoms. The summed E-state index contributed by atoms with van der Waals surface area (Å²) >= 11 is 0.